The molecule has 0 bridgehead atoms. The number of hydrogen-bond donors (Lipinski definition) is 1. The molecular weight excluding hydrogens is 150 g/mol. The summed E-state index contributed by atoms with van der Waals surface area (Å²) in [4.78, 5) is 10.9. The van der Waals surface area contributed by atoms with Crippen LogP contribution in [0, 0.1) is 11.8 Å². The molecule has 3 unspecified atom stereocenters. The molecule has 1 aliphatic carbocycles. The van der Waals surface area contributed by atoms with Crippen molar-refractivity contribution in [1.29, 1.82) is 0 Å². The molecule has 2 aliphatic rings. The minimum Gasteiger partial charge on any atom is -0.350 e. The van der Waals surface area contributed by atoms with E-state index in [1.165, 1.54) is 19.3 Å². The molecule has 3 atom stereocenters. The second-order valence-electron chi connectivity index (χ2n) is 4.66. The molecule has 1 saturated heterocycles. The lowest BCUT2D eigenvalue weighted by molar-refractivity contribution is -0.137. The molecule has 2 fully saturated rings. The van der Waals surface area contributed by atoms with Gasteiger partial charge in [-0.3, -0.25) is 4.79 Å². The van der Waals surface area contributed by atoms with Crippen LogP contribution in [0.4, 0.5) is 0 Å². The van der Waals surface area contributed by atoms with Gasteiger partial charge in [0.15, 0.2) is 0 Å². The zero-order valence-corrected chi connectivity index (χ0v) is 7.89. The van der Waals surface area contributed by atoms with Crippen LogP contribution in [0.15, 0.2) is 0 Å². The van der Waals surface area contributed by atoms with Crippen molar-refractivity contribution >= 4 is 5.91 Å². The lowest BCUT2D eigenvalue weighted by Crippen LogP contribution is -2.65. The van der Waals surface area contributed by atoms with E-state index in [-0.39, 0.29) is 11.4 Å². The first-order valence-corrected chi connectivity index (χ1v) is 4.93. The van der Waals surface area contributed by atoms with Crippen molar-refractivity contribution in [3.05, 3.63) is 0 Å². The Morgan fingerprint density at radius 3 is 2.67 bits per heavy atom. The number of rotatable bonds is 0. The molecule has 0 aromatic heterocycles. The minimum atomic E-state index is 0.212. The van der Waals surface area contributed by atoms with Gasteiger partial charge in [0.1, 0.15) is 0 Å². The molecular formula is C10H17NO. The molecule has 1 saturated carbocycles. The molecule has 2 nitrogen and oxygen atoms in total. The highest BCUT2D eigenvalue weighted by Crippen LogP contribution is 2.42. The maximum atomic E-state index is 10.9. The highest BCUT2D eigenvalue weighted by Gasteiger charge is 2.48. The van der Waals surface area contributed by atoms with Gasteiger partial charge in [0.2, 0.25) is 5.91 Å². The molecule has 68 valence electrons. The van der Waals surface area contributed by atoms with Gasteiger partial charge in [0, 0.05) is 6.42 Å². The maximum Gasteiger partial charge on any atom is 0.222 e. The van der Waals surface area contributed by atoms with E-state index in [1.807, 2.05) is 0 Å². The third kappa shape index (κ3) is 1.05. The first-order chi connectivity index (χ1) is 5.62. The van der Waals surface area contributed by atoms with Crippen molar-refractivity contribution in [3.63, 3.8) is 0 Å². The minimum absolute atomic E-state index is 0.212. The van der Waals surface area contributed by atoms with Gasteiger partial charge in [-0.15, -0.1) is 0 Å². The summed E-state index contributed by atoms with van der Waals surface area (Å²) in [5.74, 6) is 1.78. The standard InChI is InChI=1S/C10H17NO/c1-7-3-4-10(8(2)5-7)6-9(12)11-10/h7-8H,3-6H2,1-2H3,(H,11,12). The predicted molar refractivity (Wildman–Crippen MR) is 47.7 cm³/mol. The molecule has 0 aromatic rings. The fourth-order valence-electron chi connectivity index (χ4n) is 2.69. The Labute approximate surface area is 73.7 Å². The van der Waals surface area contributed by atoms with E-state index in [4.69, 9.17) is 0 Å². The van der Waals surface area contributed by atoms with Gasteiger partial charge in [-0.25, -0.2) is 0 Å². The Morgan fingerprint density at radius 2 is 2.17 bits per heavy atom. The number of nitrogens with one attached hydrogen (secondary N) is 1. The zero-order chi connectivity index (χ0) is 8.77. The molecule has 2 rings (SSSR count). The molecule has 1 amide bonds. The summed E-state index contributed by atoms with van der Waals surface area (Å²) >= 11 is 0. The van der Waals surface area contributed by atoms with E-state index in [0.717, 1.165) is 12.3 Å². The molecule has 0 radical (unpaired) electrons. The van der Waals surface area contributed by atoms with Gasteiger partial charge in [-0.05, 0) is 31.1 Å². The largest absolute Gasteiger partial charge is 0.350 e. The van der Waals surface area contributed by atoms with Gasteiger partial charge < -0.3 is 5.32 Å². The molecule has 1 N–H and O–H groups in total. The van der Waals surface area contributed by atoms with Crippen LogP contribution in [0.3, 0.4) is 0 Å². The molecule has 2 heteroatoms. The normalized spacial score (nSPS) is 47.0. The summed E-state index contributed by atoms with van der Waals surface area (Å²) in [7, 11) is 0. The van der Waals surface area contributed by atoms with Gasteiger partial charge in [0.25, 0.3) is 0 Å². The summed E-state index contributed by atoms with van der Waals surface area (Å²) in [5, 5.41) is 3.09. The van der Waals surface area contributed by atoms with Crippen LogP contribution in [-0.4, -0.2) is 11.4 Å². The van der Waals surface area contributed by atoms with Crippen molar-refractivity contribution < 1.29 is 4.79 Å². The van der Waals surface area contributed by atoms with Crippen molar-refractivity contribution in [2.24, 2.45) is 11.8 Å². The van der Waals surface area contributed by atoms with Crippen LogP contribution in [0.2, 0.25) is 0 Å². The first kappa shape index (κ1) is 8.09. The van der Waals surface area contributed by atoms with Gasteiger partial charge in [-0.2, -0.15) is 0 Å². The average Bonchev–Trinajstić information content (AvgIpc) is 1.93. The van der Waals surface area contributed by atoms with Crippen molar-refractivity contribution in [2.75, 3.05) is 0 Å². The molecule has 1 heterocycles. The van der Waals surface area contributed by atoms with Gasteiger partial charge >= 0.3 is 0 Å². The van der Waals surface area contributed by atoms with E-state index < -0.39 is 0 Å². The third-order valence-electron chi connectivity index (χ3n) is 3.65. The monoisotopic (exact) mass is 167 g/mol. The van der Waals surface area contributed by atoms with E-state index in [1.54, 1.807) is 0 Å². The van der Waals surface area contributed by atoms with Crippen LogP contribution in [0.25, 0.3) is 0 Å². The summed E-state index contributed by atoms with van der Waals surface area (Å²) < 4.78 is 0. The van der Waals surface area contributed by atoms with E-state index in [0.29, 0.717) is 5.92 Å². The van der Waals surface area contributed by atoms with Crippen molar-refractivity contribution in [2.45, 2.75) is 45.1 Å². The van der Waals surface area contributed by atoms with Crippen LogP contribution in [0.5, 0.6) is 0 Å². The number of hydrogen-bond acceptors (Lipinski definition) is 1. The molecule has 1 aliphatic heterocycles. The van der Waals surface area contributed by atoms with Crippen LogP contribution < -0.4 is 5.32 Å². The third-order valence-corrected chi connectivity index (χ3v) is 3.65. The zero-order valence-electron chi connectivity index (χ0n) is 7.89. The van der Waals surface area contributed by atoms with Crippen molar-refractivity contribution in [1.82, 2.24) is 5.32 Å². The van der Waals surface area contributed by atoms with Gasteiger partial charge in [-0.1, -0.05) is 13.8 Å². The highest BCUT2D eigenvalue weighted by molar-refractivity contribution is 5.84. The van der Waals surface area contributed by atoms with Crippen molar-refractivity contribution in [3.8, 4) is 0 Å². The fourth-order valence-corrected chi connectivity index (χ4v) is 2.69. The van der Waals surface area contributed by atoms with Gasteiger partial charge in [0.05, 0.1) is 5.54 Å². The SMILES string of the molecule is CC1CCC2(CC(=O)N2)C(C)C1. The summed E-state index contributed by atoms with van der Waals surface area (Å²) in [6.07, 6.45) is 4.53. The number of carbonyl (C=O) groups excluding carboxylic acids is 1. The lowest BCUT2D eigenvalue weighted by Gasteiger charge is -2.51. The first-order valence-electron chi connectivity index (χ1n) is 4.93. The second-order valence-corrected chi connectivity index (χ2v) is 4.66. The smallest absolute Gasteiger partial charge is 0.222 e. The Morgan fingerprint density at radius 1 is 1.50 bits per heavy atom. The molecule has 1 spiro atoms. The molecule has 0 aromatic carbocycles. The number of amides is 1. The lowest BCUT2D eigenvalue weighted by atomic mass is 9.65. The predicted octanol–water partition coefficient (Wildman–Crippen LogP) is 1.70. The Bertz CT molecular complexity index is 204. The van der Waals surface area contributed by atoms with E-state index in [2.05, 4.69) is 19.2 Å². The number of β-lactam (4-membered cyclic amide) rings is 1. The quantitative estimate of drug-likeness (QED) is 0.547. The highest BCUT2D eigenvalue weighted by atomic mass is 16.2. The Kier molecular flexibility index (Phi) is 1.67. The van der Waals surface area contributed by atoms with E-state index in [9.17, 15) is 4.79 Å². The number of carbonyl (C=O) groups is 1. The fraction of sp³-hybridized carbons (Fsp3) is 0.900. The average molecular weight is 167 g/mol. The van der Waals surface area contributed by atoms with Crippen LogP contribution >= 0.6 is 0 Å². The Hall–Kier alpha value is -0.530. The van der Waals surface area contributed by atoms with E-state index >= 15 is 0 Å². The van der Waals surface area contributed by atoms with Crippen LogP contribution in [-0.2, 0) is 4.79 Å². The Balaban J connectivity index is 2.03. The summed E-state index contributed by atoms with van der Waals surface area (Å²) in [5.41, 5.74) is 0.212. The van der Waals surface area contributed by atoms with Crippen LogP contribution in [0.1, 0.15) is 39.5 Å². The maximum absolute atomic E-state index is 10.9. The second kappa shape index (κ2) is 2.48. The topological polar surface area (TPSA) is 29.1 Å². The summed E-state index contributed by atoms with van der Waals surface area (Å²) in [6.45, 7) is 4.58. The molecule has 12 heavy (non-hydrogen) atoms. The summed E-state index contributed by atoms with van der Waals surface area (Å²) in [6, 6.07) is 0.